The van der Waals surface area contributed by atoms with Crippen molar-refractivity contribution in [2.45, 2.75) is 25.9 Å². The molecule has 2 heterocycles. The molecule has 0 radical (unpaired) electrons. The van der Waals surface area contributed by atoms with Gasteiger partial charge in [0.15, 0.2) is 5.96 Å². The van der Waals surface area contributed by atoms with Gasteiger partial charge in [-0.1, -0.05) is 11.2 Å². The van der Waals surface area contributed by atoms with Crippen LogP contribution >= 0.6 is 0 Å². The van der Waals surface area contributed by atoms with E-state index in [4.69, 9.17) is 4.52 Å². The molecule has 1 unspecified atom stereocenters. The zero-order valence-electron chi connectivity index (χ0n) is 14.0. The fourth-order valence-electron chi connectivity index (χ4n) is 2.86. The van der Waals surface area contributed by atoms with Crippen molar-refractivity contribution in [2.75, 3.05) is 24.5 Å². The summed E-state index contributed by atoms with van der Waals surface area (Å²) in [4.78, 5) is 6.18. The van der Waals surface area contributed by atoms with Gasteiger partial charge in [0, 0.05) is 31.7 Å². The van der Waals surface area contributed by atoms with Gasteiger partial charge in [0.1, 0.15) is 29.3 Å². The predicted octanol–water partition coefficient (Wildman–Crippen LogP) is 2.29. The van der Waals surface area contributed by atoms with Crippen molar-refractivity contribution in [3.63, 3.8) is 0 Å². The summed E-state index contributed by atoms with van der Waals surface area (Å²) in [6, 6.07) is 5.74. The normalized spacial score (nSPS) is 17.8. The van der Waals surface area contributed by atoms with E-state index in [2.05, 4.69) is 20.8 Å². The third-order valence-corrected chi connectivity index (χ3v) is 4.02. The first-order valence-electron chi connectivity index (χ1n) is 8.30. The topological polar surface area (TPSA) is 65.7 Å². The van der Waals surface area contributed by atoms with Crippen molar-refractivity contribution >= 4 is 11.6 Å². The molecule has 134 valence electrons. The molecule has 0 saturated carbocycles. The lowest BCUT2D eigenvalue weighted by Gasteiger charge is -2.21. The van der Waals surface area contributed by atoms with E-state index in [9.17, 15) is 8.78 Å². The smallest absolute Gasteiger partial charge is 0.191 e. The van der Waals surface area contributed by atoms with E-state index in [-0.39, 0.29) is 11.7 Å². The summed E-state index contributed by atoms with van der Waals surface area (Å²) in [5.74, 6) is -0.425. The van der Waals surface area contributed by atoms with Crippen LogP contribution in [0.25, 0.3) is 0 Å². The van der Waals surface area contributed by atoms with Gasteiger partial charge in [0.2, 0.25) is 0 Å². The molecule has 1 aliphatic heterocycles. The van der Waals surface area contributed by atoms with Crippen LogP contribution in [0.15, 0.2) is 40.0 Å². The molecule has 1 aromatic heterocycles. The Morgan fingerprint density at radius 2 is 2.16 bits per heavy atom. The molecule has 1 aliphatic rings. The summed E-state index contributed by atoms with van der Waals surface area (Å²) < 4.78 is 32.7. The highest BCUT2D eigenvalue weighted by Gasteiger charge is 2.27. The minimum Gasteiger partial charge on any atom is -0.365 e. The molecule has 0 amide bonds. The van der Waals surface area contributed by atoms with Gasteiger partial charge in [0.05, 0.1) is 6.54 Å². The monoisotopic (exact) mass is 349 g/mol. The molecule has 25 heavy (non-hydrogen) atoms. The number of aromatic nitrogens is 1. The molecule has 0 spiro atoms. The second kappa shape index (κ2) is 7.96. The molecule has 2 N–H and O–H groups in total. The van der Waals surface area contributed by atoms with Gasteiger partial charge in [-0.3, -0.25) is 0 Å². The molecular weight excluding hydrogens is 328 g/mol. The lowest BCUT2D eigenvalue weighted by Crippen LogP contribution is -2.44. The summed E-state index contributed by atoms with van der Waals surface area (Å²) in [7, 11) is 0. The maximum atomic E-state index is 13.9. The van der Waals surface area contributed by atoms with Gasteiger partial charge >= 0.3 is 0 Å². The Morgan fingerprint density at radius 1 is 1.36 bits per heavy atom. The second-order valence-corrected chi connectivity index (χ2v) is 5.83. The quantitative estimate of drug-likeness (QED) is 0.640. The molecule has 1 saturated heterocycles. The zero-order chi connectivity index (χ0) is 17.6. The minimum atomic E-state index is -0.535. The van der Waals surface area contributed by atoms with Crippen molar-refractivity contribution < 1.29 is 13.3 Å². The molecule has 0 bridgehead atoms. The maximum Gasteiger partial charge on any atom is 0.191 e. The maximum absolute atomic E-state index is 13.9. The first kappa shape index (κ1) is 17.2. The van der Waals surface area contributed by atoms with E-state index >= 15 is 0 Å². The fraction of sp³-hybridized carbons (Fsp3) is 0.412. The molecule has 1 aromatic carbocycles. The molecule has 3 rings (SSSR count). The molecule has 1 atom stereocenters. The number of aliphatic imine (C=N–C) groups is 1. The predicted molar refractivity (Wildman–Crippen MR) is 91.4 cm³/mol. The Hall–Kier alpha value is -2.64. The number of nitrogens with one attached hydrogen (secondary N) is 2. The molecule has 6 nitrogen and oxygen atoms in total. The number of nitrogens with zero attached hydrogens (tertiary/aromatic N) is 3. The van der Waals surface area contributed by atoms with Crippen molar-refractivity contribution in [2.24, 2.45) is 4.99 Å². The number of rotatable bonds is 5. The highest BCUT2D eigenvalue weighted by atomic mass is 19.1. The summed E-state index contributed by atoms with van der Waals surface area (Å²) in [6.45, 7) is 4.17. The summed E-state index contributed by atoms with van der Waals surface area (Å²) in [5, 5.41) is 10.3. The second-order valence-electron chi connectivity index (χ2n) is 5.83. The third kappa shape index (κ3) is 4.26. The molecular formula is C17H21F2N5O. The van der Waals surface area contributed by atoms with Crippen LogP contribution in [-0.4, -0.2) is 36.8 Å². The van der Waals surface area contributed by atoms with E-state index in [0.29, 0.717) is 32.1 Å². The Bertz CT molecular complexity index is 700. The van der Waals surface area contributed by atoms with Crippen LogP contribution in [0.5, 0.6) is 0 Å². The third-order valence-electron chi connectivity index (χ3n) is 4.02. The Labute approximate surface area is 144 Å². The van der Waals surface area contributed by atoms with Crippen LogP contribution in [0.1, 0.15) is 19.0 Å². The van der Waals surface area contributed by atoms with Crippen LogP contribution in [0, 0.1) is 11.6 Å². The van der Waals surface area contributed by atoms with Crippen LogP contribution in [0.2, 0.25) is 0 Å². The van der Waals surface area contributed by atoms with Crippen molar-refractivity contribution in [3.8, 4) is 0 Å². The summed E-state index contributed by atoms with van der Waals surface area (Å²) in [6.07, 6.45) is 2.27. The number of benzene rings is 1. The number of para-hydroxylation sites is 1. The van der Waals surface area contributed by atoms with Gasteiger partial charge in [-0.05, 0) is 25.5 Å². The van der Waals surface area contributed by atoms with Crippen LogP contribution in [-0.2, 0) is 6.54 Å². The van der Waals surface area contributed by atoms with Crippen molar-refractivity contribution in [1.29, 1.82) is 0 Å². The van der Waals surface area contributed by atoms with E-state index < -0.39 is 11.6 Å². The van der Waals surface area contributed by atoms with Crippen LogP contribution in [0.4, 0.5) is 14.5 Å². The number of hydrogen-bond acceptors (Lipinski definition) is 4. The number of guanidine groups is 1. The van der Waals surface area contributed by atoms with Gasteiger partial charge in [-0.2, -0.15) is 0 Å². The lowest BCUT2D eigenvalue weighted by molar-refractivity contribution is 0.412. The highest BCUT2D eigenvalue weighted by Crippen LogP contribution is 2.26. The average molecular weight is 349 g/mol. The van der Waals surface area contributed by atoms with E-state index in [0.717, 1.165) is 12.1 Å². The summed E-state index contributed by atoms with van der Waals surface area (Å²) in [5.41, 5.74) is 0.773. The first-order chi connectivity index (χ1) is 12.2. The highest BCUT2D eigenvalue weighted by molar-refractivity contribution is 5.80. The standard InChI is InChI=1S/C17H21F2N5O/c1-2-20-17(21-10-12-7-9-25-23-12)22-13-6-8-24(11-13)16-14(18)4-3-5-15(16)19/h3-5,7,9,13H,2,6,8,10-11H2,1H3,(H2,20,21,22). The van der Waals surface area contributed by atoms with E-state index in [1.165, 1.54) is 24.5 Å². The minimum absolute atomic E-state index is 0.0383. The van der Waals surface area contributed by atoms with Gasteiger partial charge in [-0.25, -0.2) is 13.8 Å². The lowest BCUT2D eigenvalue weighted by atomic mass is 10.2. The Kier molecular flexibility index (Phi) is 5.47. The van der Waals surface area contributed by atoms with E-state index in [1.54, 1.807) is 11.0 Å². The first-order valence-corrected chi connectivity index (χ1v) is 8.30. The average Bonchev–Trinajstić information content (AvgIpc) is 3.25. The number of halogens is 2. The zero-order valence-corrected chi connectivity index (χ0v) is 14.0. The Balaban J connectivity index is 1.63. The largest absolute Gasteiger partial charge is 0.365 e. The molecule has 1 fully saturated rings. The number of anilines is 1. The van der Waals surface area contributed by atoms with Gasteiger partial charge < -0.3 is 20.1 Å². The molecule has 0 aliphatic carbocycles. The molecule has 2 aromatic rings. The van der Waals surface area contributed by atoms with Crippen molar-refractivity contribution in [1.82, 2.24) is 15.8 Å². The summed E-state index contributed by atoms with van der Waals surface area (Å²) >= 11 is 0. The fourth-order valence-corrected chi connectivity index (χ4v) is 2.86. The van der Waals surface area contributed by atoms with Crippen LogP contribution < -0.4 is 15.5 Å². The SMILES string of the molecule is CCNC(=NCc1ccon1)NC1CCN(c2c(F)cccc2F)C1. The van der Waals surface area contributed by atoms with E-state index in [1.807, 2.05) is 6.92 Å². The number of hydrogen-bond donors (Lipinski definition) is 2. The van der Waals surface area contributed by atoms with Crippen molar-refractivity contribution in [3.05, 3.63) is 47.9 Å². The molecule has 8 heteroatoms. The van der Waals surface area contributed by atoms with Gasteiger partial charge in [-0.15, -0.1) is 0 Å². The Morgan fingerprint density at radius 3 is 2.84 bits per heavy atom. The van der Waals surface area contributed by atoms with Crippen LogP contribution in [0.3, 0.4) is 0 Å². The van der Waals surface area contributed by atoms with Gasteiger partial charge in [0.25, 0.3) is 0 Å².